The lowest BCUT2D eigenvalue weighted by molar-refractivity contribution is -0.0561. The fourth-order valence-electron chi connectivity index (χ4n) is 2.84. The predicted molar refractivity (Wildman–Crippen MR) is 75.2 cm³/mol. The highest BCUT2D eigenvalue weighted by Crippen LogP contribution is 2.45. The highest BCUT2D eigenvalue weighted by atomic mass is 16.5. The second-order valence-electron chi connectivity index (χ2n) is 5.52. The van der Waals surface area contributed by atoms with Gasteiger partial charge in [-0.3, -0.25) is 0 Å². The normalized spacial score (nSPS) is 34.9. The molecule has 1 aliphatic rings. The highest BCUT2D eigenvalue weighted by Gasteiger charge is 2.64. The molecule has 0 saturated carbocycles. The summed E-state index contributed by atoms with van der Waals surface area (Å²) in [5, 5.41) is 33.5. The number of rotatable bonds is 2. The quantitative estimate of drug-likeness (QED) is 0.522. The van der Waals surface area contributed by atoms with E-state index in [1.807, 2.05) is 6.07 Å². The molecule has 6 N–H and O–H groups in total. The van der Waals surface area contributed by atoms with E-state index in [-0.39, 0.29) is 5.69 Å². The van der Waals surface area contributed by atoms with Crippen LogP contribution in [-0.2, 0) is 10.3 Å². The molecule has 0 radical (unpaired) electrons. The lowest BCUT2D eigenvalue weighted by Crippen LogP contribution is -2.59. The second kappa shape index (κ2) is 4.62. The number of nitrogens with two attached hydrogens (primary N) is 2. The molecular formula is C13H16N6O3. The third-order valence-corrected chi connectivity index (χ3v) is 4.18. The number of aliphatic hydroxyl groups is 2. The molecule has 0 spiro atoms. The van der Waals surface area contributed by atoms with Gasteiger partial charge < -0.3 is 26.4 Å². The lowest BCUT2D eigenvalue weighted by Gasteiger charge is -2.33. The van der Waals surface area contributed by atoms with Crippen LogP contribution in [0.15, 0.2) is 18.5 Å². The van der Waals surface area contributed by atoms with Crippen LogP contribution < -0.4 is 11.5 Å². The largest absolute Gasteiger partial charge is 0.396 e. The van der Waals surface area contributed by atoms with Gasteiger partial charge in [-0.25, -0.2) is 9.50 Å². The summed E-state index contributed by atoms with van der Waals surface area (Å²) in [7, 11) is 0. The van der Waals surface area contributed by atoms with E-state index in [9.17, 15) is 15.5 Å². The SMILES string of the molecule is C[C@@]1(N)[C@H](O)[C@@H](CO)O[C@@]1(C#N)c1cnc2c(N)ccnn12. The molecule has 1 saturated heterocycles. The van der Waals surface area contributed by atoms with Crippen LogP contribution in [0.3, 0.4) is 0 Å². The van der Waals surface area contributed by atoms with Gasteiger partial charge >= 0.3 is 0 Å². The van der Waals surface area contributed by atoms with Crippen molar-refractivity contribution in [3.8, 4) is 6.07 Å². The van der Waals surface area contributed by atoms with Crippen molar-refractivity contribution in [1.82, 2.24) is 14.6 Å². The van der Waals surface area contributed by atoms with Crippen LogP contribution >= 0.6 is 0 Å². The van der Waals surface area contributed by atoms with Crippen molar-refractivity contribution in [3.05, 3.63) is 24.2 Å². The topological polar surface area (TPSA) is 156 Å². The van der Waals surface area contributed by atoms with Crippen LogP contribution in [0.25, 0.3) is 5.65 Å². The van der Waals surface area contributed by atoms with Gasteiger partial charge in [-0.05, 0) is 13.0 Å². The summed E-state index contributed by atoms with van der Waals surface area (Å²) in [6, 6.07) is 3.59. The van der Waals surface area contributed by atoms with Crippen LogP contribution in [0.5, 0.6) is 0 Å². The maximum absolute atomic E-state index is 10.3. The number of fused-ring (bicyclic) bond motifs is 1. The monoisotopic (exact) mass is 304 g/mol. The van der Waals surface area contributed by atoms with Crippen LogP contribution in [0.1, 0.15) is 12.6 Å². The molecule has 3 rings (SSSR count). The molecule has 1 fully saturated rings. The number of hydrogen-bond acceptors (Lipinski definition) is 8. The molecule has 0 amide bonds. The molecule has 9 heteroatoms. The molecule has 0 bridgehead atoms. The Labute approximate surface area is 125 Å². The number of nitrogens with zero attached hydrogens (tertiary/aromatic N) is 4. The van der Waals surface area contributed by atoms with Crippen LogP contribution in [0, 0.1) is 11.3 Å². The number of ether oxygens (including phenoxy) is 1. The van der Waals surface area contributed by atoms with E-state index in [2.05, 4.69) is 10.1 Å². The molecule has 9 nitrogen and oxygen atoms in total. The Bertz CT molecular complexity index is 767. The average molecular weight is 304 g/mol. The minimum absolute atomic E-state index is 0.248. The van der Waals surface area contributed by atoms with E-state index in [0.717, 1.165) is 0 Å². The molecule has 0 aromatic carbocycles. The first-order chi connectivity index (χ1) is 10.4. The lowest BCUT2D eigenvalue weighted by atomic mass is 9.78. The van der Waals surface area contributed by atoms with E-state index in [4.69, 9.17) is 16.2 Å². The number of aliphatic hydroxyl groups excluding tert-OH is 2. The van der Waals surface area contributed by atoms with Gasteiger partial charge in [0.25, 0.3) is 0 Å². The Morgan fingerprint density at radius 1 is 1.59 bits per heavy atom. The zero-order chi connectivity index (χ0) is 16.1. The van der Waals surface area contributed by atoms with Crippen molar-refractivity contribution in [1.29, 1.82) is 5.26 Å². The zero-order valence-corrected chi connectivity index (χ0v) is 11.8. The fourth-order valence-corrected chi connectivity index (χ4v) is 2.84. The van der Waals surface area contributed by atoms with Crippen molar-refractivity contribution in [3.63, 3.8) is 0 Å². The number of aromatic nitrogens is 3. The van der Waals surface area contributed by atoms with Gasteiger partial charge in [0.15, 0.2) is 5.65 Å². The highest BCUT2D eigenvalue weighted by molar-refractivity contribution is 5.64. The Morgan fingerprint density at radius 3 is 2.91 bits per heavy atom. The molecule has 4 atom stereocenters. The first-order valence-electron chi connectivity index (χ1n) is 6.64. The number of anilines is 1. The summed E-state index contributed by atoms with van der Waals surface area (Å²) in [6.07, 6.45) is 0.630. The first kappa shape index (κ1) is 14.7. The summed E-state index contributed by atoms with van der Waals surface area (Å²) >= 11 is 0. The minimum atomic E-state index is -1.72. The molecule has 1 aliphatic heterocycles. The second-order valence-corrected chi connectivity index (χ2v) is 5.52. The van der Waals surface area contributed by atoms with Gasteiger partial charge in [0.05, 0.1) is 30.2 Å². The molecule has 22 heavy (non-hydrogen) atoms. The van der Waals surface area contributed by atoms with E-state index in [1.165, 1.54) is 23.8 Å². The van der Waals surface area contributed by atoms with Crippen molar-refractivity contribution < 1.29 is 14.9 Å². The standard InChI is InChI=1S/C13H16N6O3/c1-12(16)10(21)8(5-20)22-13(12,6-14)9-4-17-11-7(15)2-3-18-19(9)11/h2-4,8,10,20-21H,5,15-16H2,1H3/t8-,10-,12-,13+/m1/s1. The molecule has 2 aromatic rings. The Balaban J connectivity index is 2.27. The third kappa shape index (κ3) is 1.60. The number of imidazole rings is 1. The third-order valence-electron chi connectivity index (χ3n) is 4.18. The minimum Gasteiger partial charge on any atom is -0.396 e. The molecule has 2 aromatic heterocycles. The van der Waals surface area contributed by atoms with Gasteiger partial charge in [0, 0.05) is 0 Å². The van der Waals surface area contributed by atoms with Gasteiger partial charge in [-0.15, -0.1) is 0 Å². The molecular weight excluding hydrogens is 288 g/mol. The molecule has 3 heterocycles. The number of nitrogen functional groups attached to an aromatic ring is 1. The van der Waals surface area contributed by atoms with Crippen LogP contribution in [-0.4, -0.2) is 49.2 Å². The van der Waals surface area contributed by atoms with Crippen molar-refractivity contribution in [2.24, 2.45) is 5.73 Å². The number of nitriles is 1. The van der Waals surface area contributed by atoms with Crippen molar-refractivity contribution >= 4 is 11.3 Å². The van der Waals surface area contributed by atoms with E-state index >= 15 is 0 Å². The predicted octanol–water partition coefficient (Wildman–Crippen LogP) is -1.50. The van der Waals surface area contributed by atoms with Crippen molar-refractivity contribution in [2.45, 2.75) is 30.3 Å². The Kier molecular flexibility index (Phi) is 3.08. The maximum atomic E-state index is 10.3. The first-order valence-corrected chi connectivity index (χ1v) is 6.64. The van der Waals surface area contributed by atoms with Gasteiger partial charge in [0.2, 0.25) is 5.60 Å². The van der Waals surface area contributed by atoms with Crippen LogP contribution in [0.2, 0.25) is 0 Å². The van der Waals surface area contributed by atoms with Gasteiger partial charge in [0.1, 0.15) is 24.0 Å². The number of hydrogen-bond donors (Lipinski definition) is 4. The molecule has 0 unspecified atom stereocenters. The van der Waals surface area contributed by atoms with Gasteiger partial charge in [-0.1, -0.05) is 0 Å². The summed E-state index contributed by atoms with van der Waals surface area (Å²) < 4.78 is 7.00. The summed E-state index contributed by atoms with van der Waals surface area (Å²) in [6.45, 7) is 1.02. The smallest absolute Gasteiger partial charge is 0.218 e. The summed E-state index contributed by atoms with van der Waals surface area (Å²) in [5.41, 5.74) is 9.81. The van der Waals surface area contributed by atoms with E-state index in [0.29, 0.717) is 11.3 Å². The van der Waals surface area contributed by atoms with Gasteiger partial charge in [-0.2, -0.15) is 10.4 Å². The van der Waals surface area contributed by atoms with E-state index in [1.54, 1.807) is 6.07 Å². The van der Waals surface area contributed by atoms with E-state index < -0.39 is 30.0 Å². The Morgan fingerprint density at radius 2 is 2.32 bits per heavy atom. The fraction of sp³-hybridized carbons (Fsp3) is 0.462. The van der Waals surface area contributed by atoms with Crippen molar-refractivity contribution in [2.75, 3.05) is 12.3 Å². The zero-order valence-electron chi connectivity index (χ0n) is 11.8. The average Bonchev–Trinajstić information content (AvgIpc) is 3.01. The molecule has 0 aliphatic carbocycles. The molecule has 116 valence electrons. The summed E-state index contributed by atoms with van der Waals surface area (Å²) in [4.78, 5) is 4.14. The van der Waals surface area contributed by atoms with Crippen LogP contribution in [0.4, 0.5) is 5.69 Å². The Hall–Kier alpha value is -2.25. The summed E-state index contributed by atoms with van der Waals surface area (Å²) in [5.74, 6) is 0. The maximum Gasteiger partial charge on any atom is 0.218 e.